The second-order valence-corrected chi connectivity index (χ2v) is 7.73. The molecule has 0 radical (unpaired) electrons. The quantitative estimate of drug-likeness (QED) is 0.438. The lowest BCUT2D eigenvalue weighted by molar-refractivity contribution is 0.265. The van der Waals surface area contributed by atoms with Crippen molar-refractivity contribution >= 4 is 17.6 Å². The summed E-state index contributed by atoms with van der Waals surface area (Å²) in [5, 5.41) is 13.1. The lowest BCUT2D eigenvalue weighted by Crippen LogP contribution is -2.33. The van der Waals surface area contributed by atoms with E-state index in [0.29, 0.717) is 29.2 Å². The van der Waals surface area contributed by atoms with Gasteiger partial charge in [-0.25, -0.2) is 4.98 Å². The Bertz CT molecular complexity index is 1220. The summed E-state index contributed by atoms with van der Waals surface area (Å²) in [5.74, 6) is 2.78. The number of oxazole rings is 1. The van der Waals surface area contributed by atoms with Crippen molar-refractivity contribution in [3.05, 3.63) is 61.1 Å². The number of hydrogen-bond donors (Lipinski definition) is 2. The monoisotopic (exact) mass is 444 g/mol. The van der Waals surface area contributed by atoms with Gasteiger partial charge in [-0.2, -0.15) is 15.0 Å². The fourth-order valence-electron chi connectivity index (χ4n) is 4.00. The maximum Gasteiger partial charge on any atom is 0.232 e. The highest BCUT2D eigenvalue weighted by molar-refractivity contribution is 5.71. The number of benzene rings is 2. The highest BCUT2D eigenvalue weighted by Gasteiger charge is 2.27. The molecule has 1 saturated heterocycles. The molecule has 2 aromatic carbocycles. The Balaban J connectivity index is 1.51. The maximum absolute atomic E-state index is 9.80. The third-order valence-electron chi connectivity index (χ3n) is 5.66. The molecule has 4 aromatic rings. The van der Waals surface area contributed by atoms with Gasteiger partial charge in [0, 0.05) is 23.9 Å². The van der Waals surface area contributed by atoms with E-state index in [1.165, 1.54) is 6.39 Å². The summed E-state index contributed by atoms with van der Waals surface area (Å²) < 4.78 is 11.0. The van der Waals surface area contributed by atoms with Gasteiger partial charge >= 0.3 is 0 Å². The van der Waals surface area contributed by atoms with Crippen molar-refractivity contribution in [2.75, 3.05) is 30.5 Å². The number of methoxy groups -OCH3 is 1. The van der Waals surface area contributed by atoms with Crippen LogP contribution in [0.1, 0.15) is 12.8 Å². The van der Waals surface area contributed by atoms with Crippen LogP contribution in [0.2, 0.25) is 0 Å². The molecule has 0 bridgehead atoms. The summed E-state index contributed by atoms with van der Waals surface area (Å²) in [7, 11) is 1.61. The number of nitrogens with one attached hydrogen (secondary N) is 1. The Morgan fingerprint density at radius 3 is 2.79 bits per heavy atom. The molecule has 33 heavy (non-hydrogen) atoms. The van der Waals surface area contributed by atoms with Gasteiger partial charge in [-0.3, -0.25) is 0 Å². The van der Waals surface area contributed by atoms with E-state index >= 15 is 0 Å². The molecule has 0 aliphatic carbocycles. The Hall–Kier alpha value is -3.98. The van der Waals surface area contributed by atoms with E-state index in [-0.39, 0.29) is 12.6 Å². The van der Waals surface area contributed by atoms with E-state index < -0.39 is 0 Å². The highest BCUT2D eigenvalue weighted by Crippen LogP contribution is 2.33. The van der Waals surface area contributed by atoms with Crippen LogP contribution in [0.5, 0.6) is 5.75 Å². The van der Waals surface area contributed by atoms with Crippen LogP contribution in [0.4, 0.5) is 17.6 Å². The van der Waals surface area contributed by atoms with Crippen molar-refractivity contribution in [1.82, 2.24) is 19.9 Å². The van der Waals surface area contributed by atoms with Gasteiger partial charge in [0.05, 0.1) is 31.5 Å². The number of aliphatic hydroxyl groups is 1. The van der Waals surface area contributed by atoms with E-state index in [2.05, 4.69) is 20.3 Å². The predicted molar refractivity (Wildman–Crippen MR) is 124 cm³/mol. The van der Waals surface area contributed by atoms with Crippen LogP contribution in [0.15, 0.2) is 65.5 Å². The lowest BCUT2D eigenvalue weighted by Gasteiger charge is -2.23. The van der Waals surface area contributed by atoms with Crippen molar-refractivity contribution in [2.45, 2.75) is 18.9 Å². The average Bonchev–Trinajstić information content (AvgIpc) is 3.56. The molecule has 2 N–H and O–H groups in total. The summed E-state index contributed by atoms with van der Waals surface area (Å²) in [5.41, 5.74) is 2.44. The number of hydrogen-bond acceptors (Lipinski definition) is 9. The van der Waals surface area contributed by atoms with Crippen molar-refractivity contribution in [3.8, 4) is 28.5 Å². The molecule has 0 spiro atoms. The van der Waals surface area contributed by atoms with Crippen molar-refractivity contribution in [1.29, 1.82) is 0 Å². The van der Waals surface area contributed by atoms with Gasteiger partial charge in [0.25, 0.3) is 0 Å². The van der Waals surface area contributed by atoms with Crippen LogP contribution in [-0.4, -0.2) is 51.3 Å². The van der Waals surface area contributed by atoms with Gasteiger partial charge in [-0.1, -0.05) is 30.3 Å². The Labute approximate surface area is 191 Å². The van der Waals surface area contributed by atoms with E-state index in [0.717, 1.165) is 36.2 Å². The first-order valence-corrected chi connectivity index (χ1v) is 10.8. The second-order valence-electron chi connectivity index (χ2n) is 7.73. The van der Waals surface area contributed by atoms with Gasteiger partial charge in [-0.15, -0.1) is 0 Å². The molecule has 1 atom stereocenters. The molecule has 1 aliphatic heterocycles. The molecular weight excluding hydrogens is 420 g/mol. The Kier molecular flexibility index (Phi) is 5.86. The fourth-order valence-corrected chi connectivity index (χ4v) is 4.00. The second kappa shape index (κ2) is 9.25. The summed E-state index contributed by atoms with van der Waals surface area (Å²) >= 11 is 0. The predicted octanol–water partition coefficient (Wildman–Crippen LogP) is 3.91. The largest absolute Gasteiger partial charge is 0.496 e. The zero-order valence-corrected chi connectivity index (χ0v) is 18.2. The third-order valence-corrected chi connectivity index (χ3v) is 5.66. The summed E-state index contributed by atoms with van der Waals surface area (Å²) in [6.45, 7) is 0.859. The first-order valence-electron chi connectivity index (χ1n) is 10.8. The molecule has 3 heterocycles. The van der Waals surface area contributed by atoms with Crippen LogP contribution in [0, 0.1) is 0 Å². The van der Waals surface area contributed by atoms with Crippen LogP contribution in [0.25, 0.3) is 22.7 Å². The molecule has 2 aromatic heterocycles. The summed E-state index contributed by atoms with van der Waals surface area (Å²) in [6, 6.07) is 15.4. The van der Waals surface area contributed by atoms with Crippen molar-refractivity contribution in [2.24, 2.45) is 0 Å². The Morgan fingerprint density at radius 1 is 1.15 bits per heavy atom. The molecule has 9 nitrogen and oxygen atoms in total. The van der Waals surface area contributed by atoms with Gasteiger partial charge < -0.3 is 24.5 Å². The molecule has 0 amide bonds. The molecule has 9 heteroatoms. The normalized spacial score (nSPS) is 15.6. The molecule has 1 fully saturated rings. The summed E-state index contributed by atoms with van der Waals surface area (Å²) in [6.07, 6.45) is 4.92. The van der Waals surface area contributed by atoms with E-state index in [9.17, 15) is 5.11 Å². The smallest absolute Gasteiger partial charge is 0.232 e. The SMILES string of the molecule is COc1cc(Nc2nc(-c3ccccc3)nc(N3CCC[C@@H]3CO)n2)ccc1-c1cnco1. The van der Waals surface area contributed by atoms with Crippen LogP contribution in [0.3, 0.4) is 0 Å². The van der Waals surface area contributed by atoms with E-state index in [4.69, 9.17) is 14.1 Å². The minimum absolute atomic E-state index is 0.00477. The van der Waals surface area contributed by atoms with Crippen LogP contribution >= 0.6 is 0 Å². The van der Waals surface area contributed by atoms with Crippen molar-refractivity contribution in [3.63, 3.8) is 0 Å². The van der Waals surface area contributed by atoms with Crippen molar-refractivity contribution < 1.29 is 14.3 Å². The van der Waals surface area contributed by atoms with E-state index in [1.807, 2.05) is 53.4 Å². The van der Waals surface area contributed by atoms with Gasteiger partial charge in [0.2, 0.25) is 11.9 Å². The number of rotatable bonds is 7. The maximum atomic E-state index is 9.80. The third kappa shape index (κ3) is 4.35. The molecular formula is C24H24N6O3. The minimum atomic E-state index is 0.00477. The number of aromatic nitrogens is 4. The molecule has 0 saturated carbocycles. The fraction of sp³-hybridized carbons (Fsp3) is 0.250. The van der Waals surface area contributed by atoms with Crippen LogP contribution < -0.4 is 15.0 Å². The molecule has 0 unspecified atom stereocenters. The zero-order chi connectivity index (χ0) is 22.6. The number of aliphatic hydroxyl groups excluding tert-OH is 1. The van der Waals surface area contributed by atoms with Gasteiger partial charge in [0.1, 0.15) is 5.75 Å². The standard InChI is InChI=1S/C24H24N6O3/c1-32-20-12-17(9-10-19(20)21-13-25-15-33-21)26-23-27-22(16-6-3-2-4-7-16)28-24(29-23)30-11-5-8-18(30)14-31/h2-4,6-7,9-10,12-13,15,18,31H,5,8,11,14H2,1H3,(H,26,27,28,29)/t18-/m1/s1. The minimum Gasteiger partial charge on any atom is -0.496 e. The lowest BCUT2D eigenvalue weighted by atomic mass is 10.1. The highest BCUT2D eigenvalue weighted by atomic mass is 16.5. The first kappa shape index (κ1) is 20.9. The number of anilines is 3. The van der Waals surface area contributed by atoms with Crippen LogP contribution in [-0.2, 0) is 0 Å². The van der Waals surface area contributed by atoms with Gasteiger partial charge in [0.15, 0.2) is 18.0 Å². The first-order chi connectivity index (χ1) is 16.2. The molecule has 168 valence electrons. The number of ether oxygens (including phenoxy) is 1. The zero-order valence-electron chi connectivity index (χ0n) is 18.2. The molecule has 1 aliphatic rings. The molecule has 5 rings (SSSR count). The Morgan fingerprint density at radius 2 is 2.03 bits per heavy atom. The topological polar surface area (TPSA) is 109 Å². The average molecular weight is 444 g/mol. The van der Waals surface area contributed by atoms with E-state index in [1.54, 1.807) is 13.3 Å². The summed E-state index contributed by atoms with van der Waals surface area (Å²) in [4.78, 5) is 20.1. The number of nitrogens with zero attached hydrogens (tertiary/aromatic N) is 5. The van der Waals surface area contributed by atoms with Gasteiger partial charge in [-0.05, 0) is 25.0 Å².